The van der Waals surface area contributed by atoms with Crippen LogP contribution in [0.5, 0.6) is 5.75 Å². The lowest BCUT2D eigenvalue weighted by molar-refractivity contribution is 0.0951. The molecule has 0 radical (unpaired) electrons. The Hall–Kier alpha value is -3.20. The number of benzene rings is 2. The molecule has 0 aromatic heterocycles. The number of carbonyl (C=O) groups excluding carboxylic acids is 1. The molecule has 1 amide bonds. The number of carbonyl (C=O) groups is 1. The van der Waals surface area contributed by atoms with Gasteiger partial charge in [-0.25, -0.2) is 9.82 Å². The van der Waals surface area contributed by atoms with Crippen LogP contribution in [0.1, 0.15) is 41.8 Å². The van der Waals surface area contributed by atoms with Crippen LogP contribution in [0.3, 0.4) is 0 Å². The zero-order valence-electron chi connectivity index (χ0n) is 14.0. The van der Waals surface area contributed by atoms with Gasteiger partial charge in [-0.3, -0.25) is 4.79 Å². The van der Waals surface area contributed by atoms with Crippen LogP contribution in [-0.2, 0) is 0 Å². The summed E-state index contributed by atoms with van der Waals surface area (Å²) in [7, 11) is 0. The fourth-order valence-electron chi connectivity index (χ4n) is 1.94. The van der Waals surface area contributed by atoms with E-state index < -0.39 is 11.7 Å². The summed E-state index contributed by atoms with van der Waals surface area (Å²) in [6, 6.07) is 12.7. The van der Waals surface area contributed by atoms with E-state index in [9.17, 15) is 9.18 Å². The predicted octanol–water partition coefficient (Wildman–Crippen LogP) is 3.64. The van der Waals surface area contributed by atoms with E-state index in [4.69, 9.17) is 10.00 Å². The van der Waals surface area contributed by atoms with Crippen molar-refractivity contribution in [1.82, 2.24) is 5.43 Å². The molecular weight excluding hydrogens is 321 g/mol. The third-order valence-corrected chi connectivity index (χ3v) is 3.51. The predicted molar refractivity (Wildman–Crippen MR) is 93.0 cm³/mol. The van der Waals surface area contributed by atoms with Gasteiger partial charge in [0.2, 0.25) is 0 Å². The van der Waals surface area contributed by atoms with Crippen LogP contribution in [0.15, 0.2) is 47.6 Å². The highest BCUT2D eigenvalue weighted by Gasteiger charge is 2.11. The van der Waals surface area contributed by atoms with Gasteiger partial charge in [0, 0.05) is 0 Å². The number of rotatable bonds is 6. The van der Waals surface area contributed by atoms with Crippen LogP contribution in [0.2, 0.25) is 0 Å². The standard InChI is InChI=1S/C19H18FN3O2/c1-3-13(2)25-16-7-4-14(5-8-16)12-22-23-19(24)17-9-6-15(11-21)10-18(17)20/h4-10,12-13H,3H2,1-2H3,(H,23,24)/b22-12-/t13-/m1/s1. The first-order chi connectivity index (χ1) is 12.0. The number of hydrogen-bond acceptors (Lipinski definition) is 4. The van der Waals surface area contributed by atoms with Gasteiger partial charge in [0.15, 0.2) is 0 Å². The van der Waals surface area contributed by atoms with Crippen molar-refractivity contribution in [2.45, 2.75) is 26.4 Å². The van der Waals surface area contributed by atoms with E-state index in [2.05, 4.69) is 10.5 Å². The zero-order valence-corrected chi connectivity index (χ0v) is 14.0. The van der Waals surface area contributed by atoms with Gasteiger partial charge >= 0.3 is 0 Å². The maximum absolute atomic E-state index is 13.7. The molecule has 25 heavy (non-hydrogen) atoms. The van der Waals surface area contributed by atoms with E-state index in [1.54, 1.807) is 18.2 Å². The van der Waals surface area contributed by atoms with Crippen molar-refractivity contribution in [3.05, 3.63) is 65.0 Å². The topological polar surface area (TPSA) is 74.5 Å². The Morgan fingerprint density at radius 2 is 2.08 bits per heavy atom. The molecule has 0 fully saturated rings. The second-order valence-corrected chi connectivity index (χ2v) is 5.41. The van der Waals surface area contributed by atoms with Gasteiger partial charge in [0.1, 0.15) is 11.6 Å². The molecule has 0 heterocycles. The van der Waals surface area contributed by atoms with E-state index in [0.717, 1.165) is 23.8 Å². The maximum atomic E-state index is 13.7. The van der Waals surface area contributed by atoms with Crippen molar-refractivity contribution in [3.63, 3.8) is 0 Å². The van der Waals surface area contributed by atoms with Crippen molar-refractivity contribution >= 4 is 12.1 Å². The molecule has 2 aromatic carbocycles. The van der Waals surface area contributed by atoms with E-state index in [-0.39, 0.29) is 17.2 Å². The molecule has 6 heteroatoms. The third kappa shape index (κ3) is 5.15. The number of hydrazone groups is 1. The van der Waals surface area contributed by atoms with Crippen LogP contribution in [-0.4, -0.2) is 18.2 Å². The lowest BCUT2D eigenvalue weighted by Gasteiger charge is -2.12. The Labute approximate surface area is 145 Å². The summed E-state index contributed by atoms with van der Waals surface area (Å²) >= 11 is 0. The van der Waals surface area contributed by atoms with Crippen LogP contribution in [0.25, 0.3) is 0 Å². The number of halogens is 1. The highest BCUT2D eigenvalue weighted by Crippen LogP contribution is 2.14. The monoisotopic (exact) mass is 339 g/mol. The number of nitrogens with one attached hydrogen (secondary N) is 1. The lowest BCUT2D eigenvalue weighted by atomic mass is 10.1. The Balaban J connectivity index is 1.96. The van der Waals surface area contributed by atoms with Crippen molar-refractivity contribution in [3.8, 4) is 11.8 Å². The van der Waals surface area contributed by atoms with Gasteiger partial charge in [-0.15, -0.1) is 0 Å². The molecule has 128 valence electrons. The van der Waals surface area contributed by atoms with E-state index in [1.165, 1.54) is 18.3 Å². The second-order valence-electron chi connectivity index (χ2n) is 5.41. The summed E-state index contributed by atoms with van der Waals surface area (Å²) in [5.41, 5.74) is 3.00. The normalized spacial score (nSPS) is 11.8. The molecule has 2 rings (SSSR count). The van der Waals surface area contributed by atoms with Crippen molar-refractivity contribution in [1.29, 1.82) is 5.26 Å². The number of ether oxygens (including phenoxy) is 1. The average molecular weight is 339 g/mol. The molecular formula is C19H18FN3O2. The van der Waals surface area contributed by atoms with E-state index in [1.807, 2.05) is 26.0 Å². The summed E-state index contributed by atoms with van der Waals surface area (Å²) < 4.78 is 19.4. The van der Waals surface area contributed by atoms with Crippen molar-refractivity contribution < 1.29 is 13.9 Å². The van der Waals surface area contributed by atoms with Gasteiger partial charge < -0.3 is 4.74 Å². The minimum Gasteiger partial charge on any atom is -0.491 e. The molecule has 0 unspecified atom stereocenters. The molecule has 0 aliphatic heterocycles. The molecule has 2 aromatic rings. The molecule has 1 atom stereocenters. The highest BCUT2D eigenvalue weighted by molar-refractivity contribution is 5.95. The molecule has 0 bridgehead atoms. The van der Waals surface area contributed by atoms with Crippen LogP contribution >= 0.6 is 0 Å². The first-order valence-electron chi connectivity index (χ1n) is 7.83. The van der Waals surface area contributed by atoms with E-state index >= 15 is 0 Å². The first-order valence-corrected chi connectivity index (χ1v) is 7.83. The van der Waals surface area contributed by atoms with Crippen LogP contribution < -0.4 is 10.2 Å². The molecule has 5 nitrogen and oxygen atoms in total. The largest absolute Gasteiger partial charge is 0.491 e. The molecule has 1 N–H and O–H groups in total. The highest BCUT2D eigenvalue weighted by atomic mass is 19.1. The third-order valence-electron chi connectivity index (χ3n) is 3.51. The summed E-state index contributed by atoms with van der Waals surface area (Å²) in [6.45, 7) is 4.04. The SMILES string of the molecule is CC[C@@H](C)Oc1ccc(/C=N\NC(=O)c2ccc(C#N)cc2F)cc1. The quantitative estimate of drug-likeness (QED) is 0.645. The number of amides is 1. The molecule has 0 saturated carbocycles. The first kappa shape index (κ1) is 18.1. The van der Waals surface area contributed by atoms with Gasteiger partial charge in [-0.1, -0.05) is 6.92 Å². The minimum atomic E-state index is -0.765. The Kier molecular flexibility index (Phi) is 6.24. The average Bonchev–Trinajstić information content (AvgIpc) is 2.62. The summed E-state index contributed by atoms with van der Waals surface area (Å²) in [5.74, 6) is -0.691. The van der Waals surface area contributed by atoms with Crippen LogP contribution in [0.4, 0.5) is 4.39 Å². The fourth-order valence-corrected chi connectivity index (χ4v) is 1.94. The fraction of sp³-hybridized carbons (Fsp3) is 0.211. The number of hydrogen-bond donors (Lipinski definition) is 1. The second kappa shape index (κ2) is 8.60. The van der Waals surface area contributed by atoms with Gasteiger partial charge in [-0.05, 0) is 61.4 Å². The summed E-state index contributed by atoms with van der Waals surface area (Å²) in [6.07, 6.45) is 2.51. The molecule has 0 spiro atoms. The Morgan fingerprint density at radius 3 is 2.68 bits per heavy atom. The van der Waals surface area contributed by atoms with Gasteiger partial charge in [-0.2, -0.15) is 10.4 Å². The Morgan fingerprint density at radius 1 is 1.36 bits per heavy atom. The maximum Gasteiger partial charge on any atom is 0.274 e. The van der Waals surface area contributed by atoms with E-state index in [0.29, 0.717) is 0 Å². The smallest absolute Gasteiger partial charge is 0.274 e. The zero-order chi connectivity index (χ0) is 18.2. The molecule has 0 saturated heterocycles. The molecule has 0 aliphatic rings. The van der Waals surface area contributed by atoms with Crippen molar-refractivity contribution in [2.75, 3.05) is 0 Å². The lowest BCUT2D eigenvalue weighted by Crippen LogP contribution is -2.19. The van der Waals surface area contributed by atoms with Crippen LogP contribution in [0, 0.1) is 17.1 Å². The van der Waals surface area contributed by atoms with Gasteiger partial charge in [0.05, 0.1) is 29.5 Å². The summed E-state index contributed by atoms with van der Waals surface area (Å²) in [4.78, 5) is 11.9. The minimum absolute atomic E-state index is 0.140. The Bertz CT molecular complexity index is 810. The molecule has 0 aliphatic carbocycles. The summed E-state index contributed by atoms with van der Waals surface area (Å²) in [5, 5.41) is 12.5. The number of nitrogens with zero attached hydrogens (tertiary/aromatic N) is 2. The number of nitriles is 1. The van der Waals surface area contributed by atoms with Crippen molar-refractivity contribution in [2.24, 2.45) is 5.10 Å². The van der Waals surface area contributed by atoms with Gasteiger partial charge in [0.25, 0.3) is 5.91 Å².